The highest BCUT2D eigenvalue weighted by Crippen LogP contribution is 1.94. The molecule has 7 heteroatoms. The van der Waals surface area contributed by atoms with Gasteiger partial charge in [0.25, 0.3) is 6.47 Å². The molecule has 0 saturated heterocycles. The van der Waals surface area contributed by atoms with Gasteiger partial charge < -0.3 is 20.1 Å². The third-order valence-electron chi connectivity index (χ3n) is 1.69. The summed E-state index contributed by atoms with van der Waals surface area (Å²) < 4.78 is 8.62. The van der Waals surface area contributed by atoms with Crippen LogP contribution in [0.25, 0.3) is 0 Å². The molecule has 0 aliphatic heterocycles. The second kappa shape index (κ2) is 16.5. The van der Waals surface area contributed by atoms with Crippen molar-refractivity contribution >= 4 is 18.4 Å². The Hall–Kier alpha value is -1.47. The molecular formula is C12H24O7. The molecule has 0 saturated carbocycles. The molecule has 0 aliphatic carbocycles. The topological polar surface area (TPSA) is 121 Å². The molecule has 0 heterocycles. The number of aliphatic hydroxyl groups is 1. The van der Waals surface area contributed by atoms with Crippen LogP contribution in [0.1, 0.15) is 46.5 Å². The summed E-state index contributed by atoms with van der Waals surface area (Å²) in [4.78, 5) is 30.6. The van der Waals surface area contributed by atoms with Gasteiger partial charge in [-0.25, -0.2) is 4.79 Å². The minimum Gasteiger partial charge on any atom is -0.468 e. The first-order chi connectivity index (χ1) is 8.49. The lowest BCUT2D eigenvalue weighted by Crippen LogP contribution is -2.22. The first-order valence-corrected chi connectivity index (χ1v) is 5.97. The molecule has 1 atom stereocenters. The fourth-order valence-corrected chi connectivity index (χ4v) is 0.728. The van der Waals surface area contributed by atoms with Gasteiger partial charge in [-0.05, 0) is 19.8 Å². The van der Waals surface area contributed by atoms with E-state index in [9.17, 15) is 14.4 Å². The highest BCUT2D eigenvalue weighted by molar-refractivity contribution is 5.87. The van der Waals surface area contributed by atoms with E-state index in [1.54, 1.807) is 6.92 Å². The van der Waals surface area contributed by atoms with Crippen LogP contribution in [0.3, 0.4) is 0 Å². The summed E-state index contributed by atoms with van der Waals surface area (Å²) >= 11 is 0. The standard InChI is InChI=1S/C7H12O4.C5H10O2.H2O/c1-3-4-6(9)11-7(10)5(2)8;1-2-3-4-7-5-6;/h5,8H,3-4H2,1-2H3;5H,2-4H2,1H3;1H2. The number of ether oxygens (including phenoxy) is 2. The van der Waals surface area contributed by atoms with Crippen molar-refractivity contribution in [2.24, 2.45) is 0 Å². The van der Waals surface area contributed by atoms with E-state index in [2.05, 4.69) is 9.47 Å². The number of aliphatic hydroxyl groups excluding tert-OH is 1. The molecule has 0 aromatic carbocycles. The zero-order chi connectivity index (χ0) is 14.4. The van der Waals surface area contributed by atoms with Crippen LogP contribution in [0.4, 0.5) is 0 Å². The molecular weight excluding hydrogens is 256 g/mol. The van der Waals surface area contributed by atoms with Gasteiger partial charge in [-0.1, -0.05) is 20.3 Å². The van der Waals surface area contributed by atoms with Gasteiger partial charge in [0.1, 0.15) is 6.10 Å². The van der Waals surface area contributed by atoms with Crippen LogP contribution < -0.4 is 0 Å². The Morgan fingerprint density at radius 2 is 1.84 bits per heavy atom. The second-order valence-corrected chi connectivity index (χ2v) is 3.54. The Morgan fingerprint density at radius 1 is 1.26 bits per heavy atom. The fourth-order valence-electron chi connectivity index (χ4n) is 0.728. The van der Waals surface area contributed by atoms with Crippen molar-refractivity contribution in [3.8, 4) is 0 Å². The number of unbranched alkanes of at least 4 members (excludes halogenated alkanes) is 1. The van der Waals surface area contributed by atoms with Gasteiger partial charge in [0, 0.05) is 6.42 Å². The van der Waals surface area contributed by atoms with Gasteiger partial charge in [-0.15, -0.1) is 0 Å². The molecule has 0 spiro atoms. The van der Waals surface area contributed by atoms with Crippen molar-refractivity contribution in [3.63, 3.8) is 0 Å². The first kappa shape index (κ1) is 22.7. The van der Waals surface area contributed by atoms with Crippen LogP contribution in [-0.4, -0.2) is 41.7 Å². The maximum absolute atomic E-state index is 10.6. The number of esters is 2. The van der Waals surface area contributed by atoms with Gasteiger partial charge in [0.05, 0.1) is 6.61 Å². The van der Waals surface area contributed by atoms with Gasteiger partial charge in [0.15, 0.2) is 0 Å². The average Bonchev–Trinajstić information content (AvgIpc) is 2.30. The molecule has 0 radical (unpaired) electrons. The molecule has 0 amide bonds. The van der Waals surface area contributed by atoms with Crippen LogP contribution in [0.15, 0.2) is 0 Å². The third-order valence-corrected chi connectivity index (χ3v) is 1.69. The summed E-state index contributed by atoms with van der Waals surface area (Å²) in [5.74, 6) is -1.47. The molecule has 0 aromatic rings. The highest BCUT2D eigenvalue weighted by Gasteiger charge is 2.14. The van der Waals surface area contributed by atoms with Gasteiger partial charge in [-0.2, -0.15) is 0 Å². The van der Waals surface area contributed by atoms with E-state index >= 15 is 0 Å². The summed E-state index contributed by atoms with van der Waals surface area (Å²) in [6, 6.07) is 0. The Morgan fingerprint density at radius 3 is 2.21 bits per heavy atom. The normalized spacial score (nSPS) is 10.1. The number of carbonyl (C=O) groups is 3. The molecule has 3 N–H and O–H groups in total. The van der Waals surface area contributed by atoms with Crippen LogP contribution in [0, 0.1) is 0 Å². The maximum Gasteiger partial charge on any atom is 0.342 e. The lowest BCUT2D eigenvalue weighted by Gasteiger charge is -2.02. The summed E-state index contributed by atoms with van der Waals surface area (Å²) in [5, 5.41) is 8.61. The lowest BCUT2D eigenvalue weighted by atomic mass is 10.3. The molecule has 0 rings (SSSR count). The number of hydrogen-bond donors (Lipinski definition) is 1. The van der Waals surface area contributed by atoms with Gasteiger partial charge >= 0.3 is 11.9 Å². The monoisotopic (exact) mass is 280 g/mol. The largest absolute Gasteiger partial charge is 0.468 e. The average molecular weight is 280 g/mol. The van der Waals surface area contributed by atoms with Crippen molar-refractivity contribution in [2.45, 2.75) is 52.6 Å². The van der Waals surface area contributed by atoms with Crippen LogP contribution in [0.5, 0.6) is 0 Å². The van der Waals surface area contributed by atoms with Crippen molar-refractivity contribution in [2.75, 3.05) is 6.61 Å². The summed E-state index contributed by atoms with van der Waals surface area (Å²) in [5.41, 5.74) is 0. The minimum atomic E-state index is -1.23. The zero-order valence-corrected chi connectivity index (χ0v) is 11.7. The van der Waals surface area contributed by atoms with E-state index in [1.165, 1.54) is 6.92 Å². The molecule has 0 aromatic heterocycles. The molecule has 1 unspecified atom stereocenters. The van der Waals surface area contributed by atoms with Crippen LogP contribution in [-0.2, 0) is 23.9 Å². The molecule has 0 fully saturated rings. The number of rotatable bonds is 7. The fraction of sp³-hybridized carbons (Fsp3) is 0.750. The smallest absolute Gasteiger partial charge is 0.342 e. The van der Waals surface area contributed by atoms with Crippen LogP contribution >= 0.6 is 0 Å². The van der Waals surface area contributed by atoms with E-state index in [4.69, 9.17) is 5.11 Å². The molecule has 0 bridgehead atoms. The van der Waals surface area contributed by atoms with E-state index in [0.29, 0.717) is 19.5 Å². The van der Waals surface area contributed by atoms with Crippen molar-refractivity contribution in [3.05, 3.63) is 0 Å². The third kappa shape index (κ3) is 19.1. The van der Waals surface area contributed by atoms with E-state index in [0.717, 1.165) is 12.8 Å². The summed E-state index contributed by atoms with van der Waals surface area (Å²) in [7, 11) is 0. The van der Waals surface area contributed by atoms with Crippen molar-refractivity contribution in [1.29, 1.82) is 0 Å². The van der Waals surface area contributed by atoms with Gasteiger partial charge in [-0.3, -0.25) is 9.59 Å². The Bertz CT molecular complexity index is 238. The predicted molar refractivity (Wildman–Crippen MR) is 68.2 cm³/mol. The Balaban J connectivity index is -0.000000280. The van der Waals surface area contributed by atoms with Gasteiger partial charge in [0.2, 0.25) is 0 Å². The van der Waals surface area contributed by atoms with E-state index in [1.807, 2.05) is 6.92 Å². The Kier molecular flexibility index (Phi) is 19.7. The quantitative estimate of drug-likeness (QED) is 0.311. The molecule has 19 heavy (non-hydrogen) atoms. The van der Waals surface area contributed by atoms with E-state index < -0.39 is 18.0 Å². The molecule has 0 aliphatic rings. The minimum absolute atomic E-state index is 0. The Labute approximate surface area is 113 Å². The first-order valence-electron chi connectivity index (χ1n) is 5.97. The SMILES string of the molecule is CCCC(=O)OC(=O)C(C)O.CCCCOC=O.O. The predicted octanol–water partition coefficient (Wildman–Crippen LogP) is 0.372. The number of hydrogen-bond acceptors (Lipinski definition) is 6. The summed E-state index contributed by atoms with van der Waals surface area (Å²) in [6.45, 7) is 6.15. The zero-order valence-electron chi connectivity index (χ0n) is 11.7. The number of carbonyl (C=O) groups excluding carboxylic acids is 3. The maximum atomic E-state index is 10.6. The second-order valence-electron chi connectivity index (χ2n) is 3.54. The lowest BCUT2D eigenvalue weighted by molar-refractivity contribution is -0.165. The van der Waals surface area contributed by atoms with E-state index in [-0.39, 0.29) is 11.9 Å². The highest BCUT2D eigenvalue weighted by atomic mass is 16.6. The summed E-state index contributed by atoms with van der Waals surface area (Å²) in [6.07, 6.45) is 1.66. The van der Waals surface area contributed by atoms with Crippen molar-refractivity contribution < 1.29 is 34.4 Å². The molecule has 114 valence electrons. The van der Waals surface area contributed by atoms with Crippen molar-refractivity contribution in [1.82, 2.24) is 0 Å². The van der Waals surface area contributed by atoms with Crippen LogP contribution in [0.2, 0.25) is 0 Å². The molecule has 7 nitrogen and oxygen atoms in total.